The van der Waals surface area contributed by atoms with Crippen LogP contribution in [-0.2, 0) is 23.7 Å². The maximum absolute atomic E-state index is 7.08. The van der Waals surface area contributed by atoms with Gasteiger partial charge in [0, 0.05) is 0 Å². The molecule has 0 saturated carbocycles. The maximum atomic E-state index is 7.08. The molecule has 0 fully saturated rings. The summed E-state index contributed by atoms with van der Waals surface area (Å²) in [5, 5.41) is 0. The summed E-state index contributed by atoms with van der Waals surface area (Å²) in [6.45, 7) is 0.491. The molecule has 0 heterocycles. The largest absolute Gasteiger partial charge is 1.00 e. The molecule has 2 aromatic rings. The van der Waals surface area contributed by atoms with Crippen LogP contribution in [0.25, 0.3) is 0 Å². The van der Waals surface area contributed by atoms with E-state index in [1.54, 1.807) is 25.3 Å². The van der Waals surface area contributed by atoms with Gasteiger partial charge in [-0.3, -0.25) is 5.92 Å². The van der Waals surface area contributed by atoms with E-state index in [1.165, 1.54) is 0 Å². The molecule has 19 heavy (non-hydrogen) atoms. The third-order valence-electron chi connectivity index (χ3n) is 2.55. The van der Waals surface area contributed by atoms with Gasteiger partial charge in [0.1, 0.15) is 12.4 Å². The Morgan fingerprint density at radius 2 is 1.79 bits per heavy atom. The van der Waals surface area contributed by atoms with Crippen LogP contribution >= 0.6 is 0 Å². The molecule has 2 nitrogen and oxygen atoms in total. The summed E-state index contributed by atoms with van der Waals surface area (Å²) >= 11 is 0. The average Bonchev–Trinajstić information content (AvgIpc) is 2.46. The molecule has 2 aromatic carbocycles. The zero-order valence-electron chi connectivity index (χ0n) is 10.4. The van der Waals surface area contributed by atoms with E-state index < -0.39 is 0 Å². The topological polar surface area (TPSA) is 18.5 Å². The Morgan fingerprint density at radius 1 is 1.05 bits per heavy atom. The van der Waals surface area contributed by atoms with Crippen LogP contribution in [0.3, 0.4) is 0 Å². The van der Waals surface area contributed by atoms with Crippen molar-refractivity contribution in [3.05, 3.63) is 66.1 Å². The van der Waals surface area contributed by atoms with Crippen LogP contribution in [0.5, 0.6) is 11.5 Å². The van der Waals surface area contributed by atoms with E-state index in [4.69, 9.17) is 15.9 Å². The average molecular weight is 301 g/mol. The van der Waals surface area contributed by atoms with Gasteiger partial charge in [-0.15, -0.1) is 11.6 Å². The summed E-state index contributed by atoms with van der Waals surface area (Å²) in [4.78, 5) is 0. The van der Waals surface area contributed by atoms with Gasteiger partial charge in [-0.1, -0.05) is 36.4 Å². The standard InChI is InChI=1S/C16H13O2.Cu/c1-3-13-9-10-15(16(11-13)17-2)18-12-14-7-5-4-6-8-14;/h4-11H,12H2,2H3;/q-1;+1. The quantitative estimate of drug-likeness (QED) is 0.490. The molecule has 0 saturated heterocycles. The van der Waals surface area contributed by atoms with Gasteiger partial charge in [-0.05, 0) is 11.6 Å². The molecule has 0 N–H and O–H groups in total. The van der Waals surface area contributed by atoms with Gasteiger partial charge in [0.05, 0.1) is 7.11 Å². The number of methoxy groups -OCH3 is 1. The van der Waals surface area contributed by atoms with Crippen molar-refractivity contribution in [2.45, 2.75) is 6.61 Å². The van der Waals surface area contributed by atoms with Crippen LogP contribution in [0.1, 0.15) is 11.1 Å². The summed E-state index contributed by atoms with van der Waals surface area (Å²) in [5.74, 6) is 3.60. The second-order valence-electron chi connectivity index (χ2n) is 3.76. The summed E-state index contributed by atoms with van der Waals surface area (Å²) < 4.78 is 10.9. The molecular weight excluding hydrogens is 288 g/mol. The van der Waals surface area contributed by atoms with E-state index >= 15 is 0 Å². The molecule has 0 aliphatic rings. The van der Waals surface area contributed by atoms with Crippen molar-refractivity contribution in [2.75, 3.05) is 7.11 Å². The normalized spacial score (nSPS) is 9.05. The van der Waals surface area contributed by atoms with E-state index in [-0.39, 0.29) is 17.1 Å². The van der Waals surface area contributed by atoms with Gasteiger partial charge in [0.15, 0.2) is 5.75 Å². The molecule has 0 aliphatic heterocycles. The minimum atomic E-state index is 0. The zero-order valence-corrected chi connectivity index (χ0v) is 11.4. The van der Waals surface area contributed by atoms with Crippen LogP contribution < -0.4 is 9.47 Å². The first-order valence-electron chi connectivity index (χ1n) is 5.61. The second-order valence-corrected chi connectivity index (χ2v) is 3.76. The van der Waals surface area contributed by atoms with Crippen LogP contribution in [-0.4, -0.2) is 7.11 Å². The summed E-state index contributed by atoms with van der Waals surface area (Å²) in [5.41, 5.74) is 1.76. The number of hydrogen-bond donors (Lipinski definition) is 0. The van der Waals surface area contributed by atoms with Gasteiger partial charge in [-0.25, -0.2) is 0 Å². The molecule has 100 valence electrons. The Labute approximate surface area is 124 Å². The first-order chi connectivity index (χ1) is 8.83. The monoisotopic (exact) mass is 300 g/mol. The first kappa shape index (κ1) is 15.2. The Kier molecular flexibility index (Phi) is 6.02. The number of rotatable bonds is 4. The predicted octanol–water partition coefficient (Wildman–Crippen LogP) is 3.21. The van der Waals surface area contributed by atoms with Crippen LogP contribution in [0, 0.1) is 12.3 Å². The summed E-state index contributed by atoms with van der Waals surface area (Å²) in [6.07, 6.45) is 7.08. The van der Waals surface area contributed by atoms with E-state index in [0.29, 0.717) is 23.7 Å². The molecule has 0 atom stereocenters. The maximum Gasteiger partial charge on any atom is 1.00 e. The predicted molar refractivity (Wildman–Crippen MR) is 70.0 cm³/mol. The van der Waals surface area contributed by atoms with Gasteiger partial charge < -0.3 is 15.9 Å². The van der Waals surface area contributed by atoms with Crippen molar-refractivity contribution >= 4 is 0 Å². The fourth-order valence-corrected chi connectivity index (χ4v) is 1.60. The molecular formula is C16H13CuO2. The van der Waals surface area contributed by atoms with Crippen LogP contribution in [0.4, 0.5) is 0 Å². The van der Waals surface area contributed by atoms with Gasteiger partial charge in [0.25, 0.3) is 0 Å². The van der Waals surface area contributed by atoms with E-state index in [1.807, 2.05) is 30.3 Å². The fourth-order valence-electron chi connectivity index (χ4n) is 1.60. The van der Waals surface area contributed by atoms with Gasteiger partial charge in [0.2, 0.25) is 0 Å². The van der Waals surface area contributed by atoms with Crippen LogP contribution in [0.15, 0.2) is 48.5 Å². The van der Waals surface area contributed by atoms with Crippen molar-refractivity contribution in [1.29, 1.82) is 0 Å². The minimum Gasteiger partial charge on any atom is -0.494 e. The Morgan fingerprint density at radius 3 is 2.42 bits per heavy atom. The Balaban J connectivity index is 0.00000180. The molecule has 0 aromatic heterocycles. The Bertz CT molecular complexity index is 559. The molecule has 3 heteroatoms. The minimum absolute atomic E-state index is 0. The van der Waals surface area contributed by atoms with Crippen molar-refractivity contribution in [1.82, 2.24) is 0 Å². The molecule has 0 aliphatic carbocycles. The van der Waals surface area contributed by atoms with Crippen molar-refractivity contribution in [3.8, 4) is 17.4 Å². The number of ether oxygens (including phenoxy) is 2. The van der Waals surface area contributed by atoms with Crippen molar-refractivity contribution in [2.24, 2.45) is 0 Å². The van der Waals surface area contributed by atoms with E-state index in [9.17, 15) is 0 Å². The molecule has 0 radical (unpaired) electrons. The van der Waals surface area contributed by atoms with Crippen LogP contribution in [0.2, 0.25) is 0 Å². The number of hydrogen-bond acceptors (Lipinski definition) is 2. The van der Waals surface area contributed by atoms with Crippen molar-refractivity contribution < 1.29 is 26.5 Å². The summed E-state index contributed by atoms with van der Waals surface area (Å²) in [7, 11) is 1.58. The zero-order chi connectivity index (χ0) is 12.8. The molecule has 0 unspecified atom stereocenters. The molecule has 0 spiro atoms. The molecule has 0 bridgehead atoms. The Hall–Kier alpha value is -1.88. The smallest absolute Gasteiger partial charge is 0.494 e. The van der Waals surface area contributed by atoms with E-state index in [0.717, 1.165) is 5.56 Å². The molecule has 2 rings (SSSR count). The van der Waals surface area contributed by atoms with E-state index in [2.05, 4.69) is 5.92 Å². The first-order valence-corrected chi connectivity index (χ1v) is 5.61. The summed E-state index contributed by atoms with van der Waals surface area (Å²) in [6, 6.07) is 15.2. The third kappa shape index (κ3) is 4.06. The van der Waals surface area contributed by atoms with Gasteiger partial charge >= 0.3 is 17.1 Å². The van der Waals surface area contributed by atoms with Gasteiger partial charge in [-0.2, -0.15) is 0 Å². The second kappa shape index (κ2) is 7.53. The SMILES string of the molecule is [C-]#Cc1ccc(OCc2ccccc2)c(OC)c1.[Cu+]. The van der Waals surface area contributed by atoms with Crippen molar-refractivity contribution in [3.63, 3.8) is 0 Å². The number of benzene rings is 2. The fraction of sp³-hybridized carbons (Fsp3) is 0.125. The molecule has 0 amide bonds. The third-order valence-corrected chi connectivity index (χ3v) is 2.55.